The molecule has 1 aromatic carbocycles. The molecule has 21 heavy (non-hydrogen) atoms. The zero-order valence-corrected chi connectivity index (χ0v) is 14.4. The molecule has 0 aliphatic rings. The molecule has 4 nitrogen and oxygen atoms in total. The average Bonchev–Trinajstić information content (AvgIpc) is 2.77. The fourth-order valence-electron chi connectivity index (χ4n) is 1.88. The number of aryl methyl sites for hydroxylation is 1. The first-order valence-electron chi connectivity index (χ1n) is 6.30. The first kappa shape index (κ1) is 22.3. The maximum absolute atomic E-state index is 5.65. The van der Waals surface area contributed by atoms with E-state index in [1.807, 2.05) is 29.9 Å². The Labute approximate surface area is 145 Å². The summed E-state index contributed by atoms with van der Waals surface area (Å²) in [5.41, 5.74) is 7.80. The number of rotatable bonds is 6. The van der Waals surface area contributed by atoms with Crippen molar-refractivity contribution < 1.29 is 17.0 Å². The van der Waals surface area contributed by atoms with Gasteiger partial charge in [-0.15, -0.1) is 24.8 Å². The van der Waals surface area contributed by atoms with Gasteiger partial charge in [-0.1, -0.05) is 12.1 Å². The molecule has 2 rings (SSSR count). The second-order valence-electron chi connectivity index (χ2n) is 4.56. The third kappa shape index (κ3) is 8.17. The number of nitrogens with zero attached hydrogens (tertiary/aromatic N) is 2. The lowest BCUT2D eigenvalue weighted by Crippen LogP contribution is -3.00. The molecule has 1 aromatic heterocycles. The Kier molecular flexibility index (Phi) is 12.4. The Bertz CT molecular complexity index is 485. The van der Waals surface area contributed by atoms with Gasteiger partial charge in [-0.2, -0.15) is 0 Å². The van der Waals surface area contributed by atoms with Crippen molar-refractivity contribution in [2.24, 2.45) is 7.05 Å². The highest BCUT2D eigenvalue weighted by molar-refractivity contribution is 5.85. The Morgan fingerprint density at radius 1 is 1.14 bits per heavy atom. The molecule has 0 aliphatic heterocycles. The monoisotopic (exact) mass is 352 g/mol. The van der Waals surface area contributed by atoms with Crippen LogP contribution in [0.4, 0.5) is 5.69 Å². The third-order valence-corrected chi connectivity index (χ3v) is 2.94. The largest absolute Gasteiger partial charge is 1.00 e. The predicted octanol–water partition coefficient (Wildman–Crippen LogP) is -1.43. The summed E-state index contributed by atoms with van der Waals surface area (Å²) in [7, 11) is 2.03. The van der Waals surface area contributed by atoms with Gasteiger partial charge in [-0.25, -0.2) is 9.13 Å². The van der Waals surface area contributed by atoms with Crippen LogP contribution in [0, 0.1) is 0 Å². The molecule has 0 aliphatic carbocycles. The van der Waals surface area contributed by atoms with Crippen molar-refractivity contribution in [3.05, 3.63) is 48.5 Å². The first-order valence-corrected chi connectivity index (χ1v) is 6.30. The number of hydrogen-bond donors (Lipinski definition) is 2. The Hall–Kier alpha value is -0.940. The Morgan fingerprint density at radius 3 is 2.38 bits per heavy atom. The number of hydrogen-bond acceptors (Lipinski definition) is 2. The standard InChI is InChI=1S/C14H21N4.3ClH/c1-17-10-11-18(12-17)9-8-16-7-6-13-2-4-14(15)5-3-13;;;/h2-5,10-12,16H,6-9,15H2,1H3;3*1H/q+1;;;/p-1. The van der Waals surface area contributed by atoms with Crippen molar-refractivity contribution in [1.82, 2.24) is 9.88 Å². The van der Waals surface area contributed by atoms with Crippen molar-refractivity contribution in [3.63, 3.8) is 0 Å². The zero-order chi connectivity index (χ0) is 12.8. The molecule has 0 radical (unpaired) electrons. The normalized spacial score (nSPS) is 9.19. The van der Waals surface area contributed by atoms with E-state index in [4.69, 9.17) is 5.73 Å². The molecular formula is C14H23Cl3N4. The molecule has 1 heterocycles. The number of nitrogen functional groups attached to an aromatic ring is 1. The van der Waals surface area contributed by atoms with Gasteiger partial charge in [0, 0.05) is 12.2 Å². The third-order valence-electron chi connectivity index (χ3n) is 2.94. The van der Waals surface area contributed by atoms with Crippen molar-refractivity contribution in [1.29, 1.82) is 0 Å². The lowest BCUT2D eigenvalue weighted by atomic mass is 10.1. The molecule has 0 saturated carbocycles. The van der Waals surface area contributed by atoms with Crippen LogP contribution in [-0.4, -0.2) is 17.7 Å². The molecule has 0 spiro atoms. The second-order valence-corrected chi connectivity index (χ2v) is 4.56. The van der Waals surface area contributed by atoms with Crippen LogP contribution in [0.3, 0.4) is 0 Å². The summed E-state index contributed by atoms with van der Waals surface area (Å²) in [6, 6.07) is 8.08. The van der Waals surface area contributed by atoms with Gasteiger partial charge >= 0.3 is 0 Å². The molecule has 120 valence electrons. The maximum Gasteiger partial charge on any atom is 0.243 e. The summed E-state index contributed by atoms with van der Waals surface area (Å²) in [4.78, 5) is 0. The summed E-state index contributed by atoms with van der Waals surface area (Å²) in [5.74, 6) is 0. The zero-order valence-electron chi connectivity index (χ0n) is 12.0. The quantitative estimate of drug-likeness (QED) is 0.380. The smallest absolute Gasteiger partial charge is 0.243 e. The average molecular weight is 354 g/mol. The van der Waals surface area contributed by atoms with E-state index >= 15 is 0 Å². The van der Waals surface area contributed by atoms with Gasteiger partial charge < -0.3 is 23.5 Å². The van der Waals surface area contributed by atoms with E-state index in [0.29, 0.717) is 0 Å². The number of anilines is 1. The lowest BCUT2D eigenvalue weighted by Gasteiger charge is -2.04. The minimum Gasteiger partial charge on any atom is -1.00 e. The minimum atomic E-state index is 0. The number of nitrogens with one attached hydrogen (secondary N) is 1. The van der Waals surface area contributed by atoms with E-state index in [-0.39, 0.29) is 37.2 Å². The molecule has 7 heteroatoms. The maximum atomic E-state index is 5.65. The predicted molar refractivity (Wildman–Crippen MR) is 87.5 cm³/mol. The van der Waals surface area contributed by atoms with Gasteiger partial charge in [-0.3, -0.25) is 0 Å². The van der Waals surface area contributed by atoms with Gasteiger partial charge in [0.05, 0.1) is 7.05 Å². The highest BCUT2D eigenvalue weighted by Gasteiger charge is 1.98. The van der Waals surface area contributed by atoms with Crippen molar-refractivity contribution in [2.45, 2.75) is 13.0 Å². The van der Waals surface area contributed by atoms with Crippen LogP contribution in [0.1, 0.15) is 5.56 Å². The Balaban J connectivity index is 0. The summed E-state index contributed by atoms with van der Waals surface area (Å²) in [6.45, 7) is 2.99. The molecule has 0 saturated heterocycles. The van der Waals surface area contributed by atoms with E-state index < -0.39 is 0 Å². The number of imidazole rings is 1. The van der Waals surface area contributed by atoms with E-state index in [0.717, 1.165) is 31.7 Å². The van der Waals surface area contributed by atoms with E-state index in [2.05, 4.69) is 34.5 Å². The highest BCUT2D eigenvalue weighted by Crippen LogP contribution is 2.05. The minimum absolute atomic E-state index is 0. The van der Waals surface area contributed by atoms with Crippen LogP contribution in [0.15, 0.2) is 43.0 Å². The number of nitrogens with two attached hydrogens (primary N) is 1. The van der Waals surface area contributed by atoms with Gasteiger partial charge in [0.15, 0.2) is 0 Å². The fourth-order valence-corrected chi connectivity index (χ4v) is 1.88. The van der Waals surface area contributed by atoms with Crippen LogP contribution in [0.5, 0.6) is 0 Å². The van der Waals surface area contributed by atoms with Crippen LogP contribution < -0.4 is 28.0 Å². The molecule has 3 N–H and O–H groups in total. The van der Waals surface area contributed by atoms with E-state index in [1.54, 1.807) is 0 Å². The van der Waals surface area contributed by atoms with Crippen molar-refractivity contribution >= 4 is 30.5 Å². The van der Waals surface area contributed by atoms with Gasteiger partial charge in [0.2, 0.25) is 6.33 Å². The van der Waals surface area contributed by atoms with Gasteiger partial charge in [0.25, 0.3) is 0 Å². The van der Waals surface area contributed by atoms with Crippen LogP contribution in [0.2, 0.25) is 0 Å². The molecular weight excluding hydrogens is 331 g/mol. The topological polar surface area (TPSA) is 46.9 Å². The lowest BCUT2D eigenvalue weighted by molar-refractivity contribution is -0.694. The van der Waals surface area contributed by atoms with Crippen LogP contribution in [0.25, 0.3) is 0 Å². The number of benzene rings is 1. The molecule has 0 unspecified atom stereocenters. The summed E-state index contributed by atoms with van der Waals surface area (Å²) in [5, 5.41) is 3.44. The second kappa shape index (κ2) is 11.7. The highest BCUT2D eigenvalue weighted by atomic mass is 35.5. The summed E-state index contributed by atoms with van der Waals surface area (Å²) >= 11 is 0. The number of halogens is 3. The molecule has 0 fully saturated rings. The van der Waals surface area contributed by atoms with Crippen LogP contribution >= 0.6 is 24.8 Å². The molecule has 0 amide bonds. The summed E-state index contributed by atoms with van der Waals surface area (Å²) < 4.78 is 4.23. The Morgan fingerprint density at radius 2 is 1.81 bits per heavy atom. The van der Waals surface area contributed by atoms with Crippen LogP contribution in [-0.2, 0) is 20.0 Å². The van der Waals surface area contributed by atoms with Gasteiger partial charge in [0.1, 0.15) is 18.9 Å². The van der Waals surface area contributed by atoms with E-state index in [1.165, 1.54) is 5.56 Å². The molecule has 0 bridgehead atoms. The number of aromatic nitrogens is 2. The van der Waals surface area contributed by atoms with Gasteiger partial charge in [-0.05, 0) is 30.7 Å². The van der Waals surface area contributed by atoms with Crippen molar-refractivity contribution in [3.8, 4) is 0 Å². The summed E-state index contributed by atoms with van der Waals surface area (Å²) in [6.07, 6.45) is 7.26. The first-order chi connectivity index (χ1) is 8.74. The molecule has 2 aromatic rings. The fraction of sp³-hybridized carbons (Fsp3) is 0.357. The molecule has 0 atom stereocenters. The SMILES string of the molecule is Cl.Cl.Cn1cc[n+](CCNCCc2ccc(N)cc2)c1.[Cl-]. The van der Waals surface area contributed by atoms with E-state index in [9.17, 15) is 0 Å². The van der Waals surface area contributed by atoms with Crippen molar-refractivity contribution in [2.75, 3.05) is 18.8 Å².